The number of furan rings is 1. The SMILES string of the molecule is Cc1ccc2oc(-c3cc(Cl)ccc3CN)cc2c1. The van der Waals surface area contributed by atoms with E-state index in [0.717, 1.165) is 27.9 Å². The molecule has 2 nitrogen and oxygen atoms in total. The molecule has 2 N–H and O–H groups in total. The molecule has 0 radical (unpaired) electrons. The zero-order valence-corrected chi connectivity index (χ0v) is 11.4. The van der Waals surface area contributed by atoms with Gasteiger partial charge in [0.1, 0.15) is 11.3 Å². The lowest BCUT2D eigenvalue weighted by atomic mass is 10.0. The summed E-state index contributed by atoms with van der Waals surface area (Å²) in [6, 6.07) is 13.9. The lowest BCUT2D eigenvalue weighted by molar-refractivity contribution is 0.630. The third kappa shape index (κ3) is 2.25. The number of nitrogens with two attached hydrogens (primary N) is 1. The Bertz CT molecular complexity index is 746. The highest BCUT2D eigenvalue weighted by atomic mass is 35.5. The number of aryl methyl sites for hydroxylation is 1. The average molecular weight is 272 g/mol. The molecular formula is C16H14ClNO. The minimum Gasteiger partial charge on any atom is -0.456 e. The highest BCUT2D eigenvalue weighted by Crippen LogP contribution is 2.32. The molecular weight excluding hydrogens is 258 g/mol. The second-order valence-corrected chi connectivity index (χ2v) is 5.09. The second-order valence-electron chi connectivity index (χ2n) is 4.66. The average Bonchev–Trinajstić information content (AvgIpc) is 2.81. The number of rotatable bonds is 2. The molecule has 0 aliphatic rings. The molecule has 3 rings (SSSR count). The van der Waals surface area contributed by atoms with E-state index in [-0.39, 0.29) is 0 Å². The molecule has 3 aromatic rings. The van der Waals surface area contributed by atoms with Gasteiger partial charge in [-0.3, -0.25) is 0 Å². The quantitative estimate of drug-likeness (QED) is 0.744. The summed E-state index contributed by atoms with van der Waals surface area (Å²) in [7, 11) is 0. The van der Waals surface area contributed by atoms with Crippen LogP contribution in [0.2, 0.25) is 5.02 Å². The third-order valence-corrected chi connectivity index (χ3v) is 3.46. The van der Waals surface area contributed by atoms with Crippen LogP contribution in [-0.4, -0.2) is 0 Å². The molecule has 2 aromatic carbocycles. The van der Waals surface area contributed by atoms with Crippen LogP contribution in [0, 0.1) is 6.92 Å². The van der Waals surface area contributed by atoms with Crippen molar-refractivity contribution in [1.82, 2.24) is 0 Å². The molecule has 0 bridgehead atoms. The summed E-state index contributed by atoms with van der Waals surface area (Å²) in [5.41, 5.74) is 9.85. The van der Waals surface area contributed by atoms with Crippen LogP contribution in [0.4, 0.5) is 0 Å². The normalized spacial score (nSPS) is 11.1. The number of halogens is 1. The molecule has 0 spiro atoms. The van der Waals surface area contributed by atoms with Crippen molar-refractivity contribution in [1.29, 1.82) is 0 Å². The molecule has 0 aliphatic heterocycles. The summed E-state index contributed by atoms with van der Waals surface area (Å²) in [5, 5.41) is 1.78. The molecule has 0 fully saturated rings. The molecule has 0 unspecified atom stereocenters. The van der Waals surface area contributed by atoms with E-state index in [2.05, 4.69) is 13.0 Å². The van der Waals surface area contributed by atoms with Crippen molar-refractivity contribution >= 4 is 22.6 Å². The highest BCUT2D eigenvalue weighted by molar-refractivity contribution is 6.30. The molecule has 0 saturated carbocycles. The fraction of sp³-hybridized carbons (Fsp3) is 0.125. The first-order valence-electron chi connectivity index (χ1n) is 6.16. The minimum absolute atomic E-state index is 0.461. The van der Waals surface area contributed by atoms with E-state index in [4.69, 9.17) is 21.8 Å². The lowest BCUT2D eigenvalue weighted by Gasteiger charge is -2.05. The predicted molar refractivity (Wildman–Crippen MR) is 79.3 cm³/mol. The van der Waals surface area contributed by atoms with E-state index >= 15 is 0 Å². The van der Waals surface area contributed by atoms with Gasteiger partial charge < -0.3 is 10.2 Å². The van der Waals surface area contributed by atoms with Gasteiger partial charge in [0.05, 0.1) is 0 Å². The zero-order valence-electron chi connectivity index (χ0n) is 10.6. The molecule has 1 aromatic heterocycles. The largest absolute Gasteiger partial charge is 0.456 e. The predicted octanol–water partition coefficient (Wildman–Crippen LogP) is 4.52. The third-order valence-electron chi connectivity index (χ3n) is 3.23. The van der Waals surface area contributed by atoms with Crippen LogP contribution < -0.4 is 5.73 Å². The Morgan fingerprint density at radius 2 is 1.95 bits per heavy atom. The molecule has 19 heavy (non-hydrogen) atoms. The van der Waals surface area contributed by atoms with Crippen molar-refractivity contribution in [2.24, 2.45) is 5.73 Å². The fourth-order valence-electron chi connectivity index (χ4n) is 2.25. The van der Waals surface area contributed by atoms with Crippen molar-refractivity contribution in [3.63, 3.8) is 0 Å². The molecule has 0 aliphatic carbocycles. The van der Waals surface area contributed by atoms with Gasteiger partial charge >= 0.3 is 0 Å². The maximum absolute atomic E-state index is 6.07. The first-order chi connectivity index (χ1) is 9.17. The second kappa shape index (κ2) is 4.72. The van der Waals surface area contributed by atoms with Crippen LogP contribution >= 0.6 is 11.6 Å². The maximum atomic E-state index is 6.07. The standard InChI is InChI=1S/C16H14ClNO/c1-10-2-5-15-12(6-10)7-16(19-15)14-8-13(17)4-3-11(14)9-18/h2-8H,9,18H2,1H3. The summed E-state index contributed by atoms with van der Waals surface area (Å²) in [6.45, 7) is 2.53. The van der Waals surface area contributed by atoms with E-state index in [9.17, 15) is 0 Å². The topological polar surface area (TPSA) is 39.2 Å². The Labute approximate surface area is 116 Å². The lowest BCUT2D eigenvalue weighted by Crippen LogP contribution is -1.98. The summed E-state index contributed by atoms with van der Waals surface area (Å²) in [6.07, 6.45) is 0. The van der Waals surface area contributed by atoms with Gasteiger partial charge in [0, 0.05) is 22.5 Å². The van der Waals surface area contributed by atoms with Crippen LogP contribution in [0.1, 0.15) is 11.1 Å². The van der Waals surface area contributed by atoms with Crippen LogP contribution in [-0.2, 0) is 6.54 Å². The Morgan fingerprint density at radius 3 is 2.74 bits per heavy atom. The van der Waals surface area contributed by atoms with Crippen LogP contribution in [0.25, 0.3) is 22.3 Å². The van der Waals surface area contributed by atoms with E-state index in [1.165, 1.54) is 5.56 Å². The van der Waals surface area contributed by atoms with Crippen molar-refractivity contribution in [3.05, 3.63) is 58.6 Å². The van der Waals surface area contributed by atoms with Gasteiger partial charge in [-0.15, -0.1) is 0 Å². The Morgan fingerprint density at radius 1 is 1.11 bits per heavy atom. The highest BCUT2D eigenvalue weighted by Gasteiger charge is 2.10. The van der Waals surface area contributed by atoms with Gasteiger partial charge in [-0.05, 0) is 42.8 Å². The van der Waals surface area contributed by atoms with Crippen molar-refractivity contribution in [2.45, 2.75) is 13.5 Å². The molecule has 96 valence electrons. The van der Waals surface area contributed by atoms with Crippen molar-refractivity contribution in [2.75, 3.05) is 0 Å². The van der Waals surface area contributed by atoms with Gasteiger partial charge in [-0.1, -0.05) is 29.3 Å². The van der Waals surface area contributed by atoms with E-state index in [1.54, 1.807) is 0 Å². The number of benzene rings is 2. The summed E-state index contributed by atoms with van der Waals surface area (Å²) in [4.78, 5) is 0. The summed E-state index contributed by atoms with van der Waals surface area (Å²) in [5.74, 6) is 0.809. The van der Waals surface area contributed by atoms with Crippen molar-refractivity contribution in [3.8, 4) is 11.3 Å². The molecule has 3 heteroatoms. The number of fused-ring (bicyclic) bond motifs is 1. The molecule has 0 atom stereocenters. The summed E-state index contributed by atoms with van der Waals surface area (Å²) < 4.78 is 5.89. The van der Waals surface area contributed by atoms with Gasteiger partial charge in [0.15, 0.2) is 0 Å². The summed E-state index contributed by atoms with van der Waals surface area (Å²) >= 11 is 6.07. The molecule has 1 heterocycles. The van der Waals surface area contributed by atoms with Crippen molar-refractivity contribution < 1.29 is 4.42 Å². The molecule has 0 amide bonds. The number of hydrogen-bond acceptors (Lipinski definition) is 2. The monoisotopic (exact) mass is 271 g/mol. The fourth-order valence-corrected chi connectivity index (χ4v) is 2.42. The van der Waals surface area contributed by atoms with Crippen LogP contribution in [0.15, 0.2) is 46.9 Å². The minimum atomic E-state index is 0.461. The van der Waals surface area contributed by atoms with Crippen LogP contribution in [0.5, 0.6) is 0 Å². The van der Waals surface area contributed by atoms with Gasteiger partial charge in [0.25, 0.3) is 0 Å². The van der Waals surface area contributed by atoms with Gasteiger partial charge in [-0.25, -0.2) is 0 Å². The maximum Gasteiger partial charge on any atom is 0.135 e. The first kappa shape index (κ1) is 12.3. The van der Waals surface area contributed by atoms with E-state index in [0.29, 0.717) is 11.6 Å². The smallest absolute Gasteiger partial charge is 0.135 e. The Hall–Kier alpha value is -1.77. The zero-order chi connectivity index (χ0) is 13.4. The Kier molecular flexibility index (Phi) is 3.05. The Balaban J connectivity index is 2.21. The molecule has 0 saturated heterocycles. The number of hydrogen-bond donors (Lipinski definition) is 1. The van der Waals surface area contributed by atoms with Gasteiger partial charge in [0.2, 0.25) is 0 Å². The van der Waals surface area contributed by atoms with Gasteiger partial charge in [-0.2, -0.15) is 0 Å². The van der Waals surface area contributed by atoms with E-state index in [1.807, 2.05) is 36.4 Å². The van der Waals surface area contributed by atoms with Crippen LogP contribution in [0.3, 0.4) is 0 Å². The first-order valence-corrected chi connectivity index (χ1v) is 6.54. The van der Waals surface area contributed by atoms with E-state index < -0.39 is 0 Å².